The highest BCUT2D eigenvalue weighted by atomic mass is 35.5. The van der Waals surface area contributed by atoms with Crippen LogP contribution in [-0.4, -0.2) is 29.7 Å². The monoisotopic (exact) mass is 312 g/mol. The maximum Gasteiger partial charge on any atom is 0.326 e. The topological polar surface area (TPSA) is 78.4 Å². The van der Waals surface area contributed by atoms with Crippen LogP contribution in [0.25, 0.3) is 0 Å². The van der Waals surface area contributed by atoms with Crippen molar-refractivity contribution in [1.29, 1.82) is 0 Å². The average molecular weight is 313 g/mol. The van der Waals surface area contributed by atoms with E-state index in [1.165, 1.54) is 0 Å². The molecule has 0 saturated heterocycles. The summed E-state index contributed by atoms with van der Waals surface area (Å²) < 4.78 is 0. The van der Waals surface area contributed by atoms with E-state index < -0.39 is 18.0 Å². The molecule has 1 rings (SSSR count). The Morgan fingerprint density at radius 3 is 2.62 bits per heavy atom. The zero-order valence-electron chi connectivity index (χ0n) is 12.2. The van der Waals surface area contributed by atoms with E-state index in [2.05, 4.69) is 10.6 Å². The summed E-state index contributed by atoms with van der Waals surface area (Å²) in [4.78, 5) is 22.7. The van der Waals surface area contributed by atoms with Crippen molar-refractivity contribution in [1.82, 2.24) is 10.6 Å². The Balaban J connectivity index is 2.37. The van der Waals surface area contributed by atoms with E-state index in [0.29, 0.717) is 24.4 Å². The minimum Gasteiger partial charge on any atom is -0.480 e. The predicted molar refractivity (Wildman–Crippen MR) is 82.6 cm³/mol. The highest BCUT2D eigenvalue weighted by Gasteiger charge is 2.20. The fraction of sp³-hybridized carbons (Fsp3) is 0.467. The van der Waals surface area contributed by atoms with Gasteiger partial charge in [0.25, 0.3) is 0 Å². The lowest BCUT2D eigenvalue weighted by Crippen LogP contribution is -2.47. The molecule has 0 aliphatic heterocycles. The summed E-state index contributed by atoms with van der Waals surface area (Å²) >= 11 is 5.87. The first kappa shape index (κ1) is 17.3. The number of nitrogens with one attached hydrogen (secondary N) is 2. The first-order valence-corrected chi connectivity index (χ1v) is 7.28. The van der Waals surface area contributed by atoms with Crippen molar-refractivity contribution >= 4 is 23.6 Å². The summed E-state index contributed by atoms with van der Waals surface area (Å²) in [5, 5.41) is 14.8. The Morgan fingerprint density at radius 1 is 1.33 bits per heavy atom. The molecule has 116 valence electrons. The van der Waals surface area contributed by atoms with Gasteiger partial charge in [-0.15, -0.1) is 0 Å². The molecule has 1 aromatic carbocycles. The molecule has 3 N–H and O–H groups in total. The molecule has 2 amide bonds. The third kappa shape index (κ3) is 6.99. The van der Waals surface area contributed by atoms with Gasteiger partial charge in [-0.1, -0.05) is 37.6 Å². The summed E-state index contributed by atoms with van der Waals surface area (Å²) in [7, 11) is 0. The maximum absolute atomic E-state index is 11.7. The summed E-state index contributed by atoms with van der Waals surface area (Å²) in [6.45, 7) is 4.24. The number of hydrogen-bond donors (Lipinski definition) is 3. The molecule has 0 aliphatic rings. The molecule has 0 bridgehead atoms. The average Bonchev–Trinajstić information content (AvgIpc) is 2.37. The first-order chi connectivity index (χ1) is 9.88. The number of amides is 2. The number of urea groups is 1. The van der Waals surface area contributed by atoms with Gasteiger partial charge < -0.3 is 15.7 Å². The Bertz CT molecular complexity index is 492. The number of carbonyl (C=O) groups is 2. The van der Waals surface area contributed by atoms with E-state index in [0.717, 1.165) is 5.56 Å². The van der Waals surface area contributed by atoms with Crippen LogP contribution in [0.15, 0.2) is 24.3 Å². The number of carbonyl (C=O) groups excluding carboxylic acids is 1. The van der Waals surface area contributed by atoms with Crippen LogP contribution >= 0.6 is 11.6 Å². The zero-order valence-corrected chi connectivity index (χ0v) is 13.0. The fourth-order valence-electron chi connectivity index (χ4n) is 1.92. The van der Waals surface area contributed by atoms with Gasteiger partial charge in [-0.25, -0.2) is 9.59 Å². The number of carboxylic acids is 1. The quantitative estimate of drug-likeness (QED) is 0.724. The van der Waals surface area contributed by atoms with Gasteiger partial charge in [-0.05, 0) is 36.5 Å². The van der Waals surface area contributed by atoms with Gasteiger partial charge in [-0.3, -0.25) is 0 Å². The SMILES string of the molecule is CC(C)CC(NC(=O)NCCc1cccc(Cl)c1)C(=O)O. The summed E-state index contributed by atoms with van der Waals surface area (Å²) in [6.07, 6.45) is 1.03. The van der Waals surface area contributed by atoms with Crippen molar-refractivity contribution in [2.75, 3.05) is 6.54 Å². The highest BCUT2D eigenvalue weighted by molar-refractivity contribution is 6.30. The molecule has 6 heteroatoms. The largest absolute Gasteiger partial charge is 0.480 e. The lowest BCUT2D eigenvalue weighted by atomic mass is 10.0. The number of halogens is 1. The molecule has 0 heterocycles. The maximum atomic E-state index is 11.7. The van der Waals surface area contributed by atoms with Crippen LogP contribution in [0.5, 0.6) is 0 Å². The molecule has 1 unspecified atom stereocenters. The lowest BCUT2D eigenvalue weighted by molar-refractivity contribution is -0.139. The molecule has 1 aromatic rings. The van der Waals surface area contributed by atoms with Gasteiger partial charge in [0.15, 0.2) is 0 Å². The Kier molecular flexibility index (Phi) is 7.02. The number of carboxylic acid groups (broad SMARTS) is 1. The normalized spacial score (nSPS) is 12.0. The van der Waals surface area contributed by atoms with E-state index >= 15 is 0 Å². The van der Waals surface area contributed by atoms with Gasteiger partial charge in [0.1, 0.15) is 6.04 Å². The predicted octanol–water partition coefficient (Wildman–Crippen LogP) is 2.68. The van der Waals surface area contributed by atoms with Crippen molar-refractivity contribution < 1.29 is 14.7 Å². The van der Waals surface area contributed by atoms with E-state index in [1.807, 2.05) is 32.0 Å². The van der Waals surface area contributed by atoms with Gasteiger partial charge >= 0.3 is 12.0 Å². The fourth-order valence-corrected chi connectivity index (χ4v) is 2.13. The number of benzene rings is 1. The smallest absolute Gasteiger partial charge is 0.326 e. The van der Waals surface area contributed by atoms with E-state index in [9.17, 15) is 9.59 Å². The minimum atomic E-state index is -1.02. The third-order valence-electron chi connectivity index (χ3n) is 2.90. The van der Waals surface area contributed by atoms with Crippen LogP contribution in [0.1, 0.15) is 25.8 Å². The Labute approximate surface area is 129 Å². The molecule has 0 fully saturated rings. The van der Waals surface area contributed by atoms with Crippen molar-refractivity contribution in [3.8, 4) is 0 Å². The Morgan fingerprint density at radius 2 is 2.05 bits per heavy atom. The van der Waals surface area contributed by atoms with Gasteiger partial charge in [-0.2, -0.15) is 0 Å². The van der Waals surface area contributed by atoms with E-state index in [4.69, 9.17) is 16.7 Å². The molecule has 0 spiro atoms. The summed E-state index contributed by atoms with van der Waals surface area (Å²) in [5.41, 5.74) is 1.01. The molecule has 1 atom stereocenters. The molecule has 0 aliphatic carbocycles. The molecule has 21 heavy (non-hydrogen) atoms. The molecule has 0 saturated carbocycles. The third-order valence-corrected chi connectivity index (χ3v) is 3.13. The van der Waals surface area contributed by atoms with Crippen molar-refractivity contribution in [3.63, 3.8) is 0 Å². The van der Waals surface area contributed by atoms with E-state index in [1.54, 1.807) is 6.07 Å². The number of rotatable bonds is 7. The summed E-state index contributed by atoms with van der Waals surface area (Å²) in [5.74, 6) is -0.827. The molecular formula is C15H21ClN2O3. The summed E-state index contributed by atoms with van der Waals surface area (Å²) in [6, 6.07) is 6.06. The Hall–Kier alpha value is -1.75. The van der Waals surface area contributed by atoms with Gasteiger partial charge in [0.05, 0.1) is 0 Å². The van der Waals surface area contributed by atoms with E-state index in [-0.39, 0.29) is 5.92 Å². The molecule has 0 aromatic heterocycles. The van der Waals surface area contributed by atoms with Crippen LogP contribution in [0.4, 0.5) is 4.79 Å². The first-order valence-electron chi connectivity index (χ1n) is 6.90. The zero-order chi connectivity index (χ0) is 15.8. The van der Waals surface area contributed by atoms with Gasteiger partial charge in [0, 0.05) is 11.6 Å². The minimum absolute atomic E-state index is 0.192. The number of aliphatic carboxylic acids is 1. The van der Waals surface area contributed by atoms with Crippen LogP contribution < -0.4 is 10.6 Å². The second-order valence-corrected chi connectivity index (χ2v) is 5.74. The second-order valence-electron chi connectivity index (χ2n) is 5.30. The number of hydrogen-bond acceptors (Lipinski definition) is 2. The van der Waals surface area contributed by atoms with Crippen molar-refractivity contribution in [3.05, 3.63) is 34.9 Å². The van der Waals surface area contributed by atoms with Crippen LogP contribution in [-0.2, 0) is 11.2 Å². The highest BCUT2D eigenvalue weighted by Crippen LogP contribution is 2.10. The van der Waals surface area contributed by atoms with Crippen molar-refractivity contribution in [2.24, 2.45) is 5.92 Å². The molecular weight excluding hydrogens is 292 g/mol. The lowest BCUT2D eigenvalue weighted by Gasteiger charge is -2.16. The van der Waals surface area contributed by atoms with Crippen LogP contribution in [0.2, 0.25) is 5.02 Å². The molecule has 5 nitrogen and oxygen atoms in total. The van der Waals surface area contributed by atoms with Gasteiger partial charge in [0.2, 0.25) is 0 Å². The van der Waals surface area contributed by atoms with Crippen LogP contribution in [0.3, 0.4) is 0 Å². The van der Waals surface area contributed by atoms with Crippen molar-refractivity contribution in [2.45, 2.75) is 32.7 Å². The standard InChI is InChI=1S/C15H21ClN2O3/c1-10(2)8-13(14(19)20)18-15(21)17-7-6-11-4-3-5-12(16)9-11/h3-5,9-10,13H,6-8H2,1-2H3,(H,19,20)(H2,17,18,21). The van der Waals surface area contributed by atoms with Crippen LogP contribution in [0, 0.1) is 5.92 Å². The second kappa shape index (κ2) is 8.52. The molecule has 0 radical (unpaired) electrons.